The summed E-state index contributed by atoms with van der Waals surface area (Å²) in [7, 11) is 0. The van der Waals surface area contributed by atoms with Crippen molar-refractivity contribution >= 4 is 29.9 Å². The summed E-state index contributed by atoms with van der Waals surface area (Å²) in [6.07, 6.45) is -3.04. The van der Waals surface area contributed by atoms with Gasteiger partial charge in [0, 0.05) is 24.0 Å². The molecule has 1 aromatic carbocycles. The van der Waals surface area contributed by atoms with Crippen LogP contribution in [0.25, 0.3) is 0 Å². The topological polar surface area (TPSA) is 46.3 Å². The smallest absolute Gasteiger partial charge is 0.341 e. The molecule has 134 valence electrons. The van der Waals surface area contributed by atoms with Gasteiger partial charge >= 0.3 is 6.18 Å². The van der Waals surface area contributed by atoms with Crippen molar-refractivity contribution in [2.24, 2.45) is 17.6 Å². The van der Waals surface area contributed by atoms with E-state index in [4.69, 9.17) is 17.3 Å². The summed E-state index contributed by atoms with van der Waals surface area (Å²) in [5.41, 5.74) is 5.57. The van der Waals surface area contributed by atoms with Gasteiger partial charge in [0.25, 0.3) is 0 Å². The van der Waals surface area contributed by atoms with Crippen LogP contribution in [0.5, 0.6) is 0 Å². The van der Waals surface area contributed by atoms with E-state index in [0.717, 1.165) is 5.56 Å². The number of nitrogens with zero attached hydrogens (tertiary/aromatic N) is 1. The Morgan fingerprint density at radius 1 is 1.33 bits per heavy atom. The lowest BCUT2D eigenvalue weighted by Crippen LogP contribution is -2.39. The highest BCUT2D eigenvalue weighted by molar-refractivity contribution is 6.30. The number of benzene rings is 1. The number of alkyl halides is 3. The molecule has 0 aromatic heterocycles. The fraction of sp³-hybridized carbons (Fsp3) is 0.562. The molecule has 24 heavy (non-hydrogen) atoms. The second-order valence-corrected chi connectivity index (χ2v) is 6.88. The fourth-order valence-corrected chi connectivity index (χ4v) is 3.68. The van der Waals surface area contributed by atoms with E-state index in [0.29, 0.717) is 17.9 Å². The maximum Gasteiger partial charge on any atom is 0.393 e. The molecule has 2 aliphatic rings. The van der Waals surface area contributed by atoms with Crippen molar-refractivity contribution < 1.29 is 18.0 Å². The third-order valence-corrected chi connectivity index (χ3v) is 5.22. The largest absolute Gasteiger partial charge is 0.393 e. The molecule has 3 nitrogen and oxygen atoms in total. The molecule has 2 atom stereocenters. The fourth-order valence-electron chi connectivity index (χ4n) is 3.49. The number of hydrogen-bond acceptors (Lipinski definition) is 2. The summed E-state index contributed by atoms with van der Waals surface area (Å²) in [5.74, 6) is -2.49. The molecule has 0 bridgehead atoms. The number of amides is 1. The highest BCUT2D eigenvalue weighted by Crippen LogP contribution is 2.51. The lowest BCUT2D eigenvalue weighted by Gasteiger charge is -2.24. The summed E-state index contributed by atoms with van der Waals surface area (Å²) in [5, 5.41) is 0.524. The predicted octanol–water partition coefficient (Wildman–Crippen LogP) is 3.39. The molecule has 1 heterocycles. The van der Waals surface area contributed by atoms with Gasteiger partial charge in [0.15, 0.2) is 0 Å². The molecule has 0 radical (unpaired) electrons. The van der Waals surface area contributed by atoms with Gasteiger partial charge in [0.05, 0.1) is 11.3 Å². The lowest BCUT2D eigenvalue weighted by atomic mass is 9.94. The van der Waals surface area contributed by atoms with Crippen LogP contribution in [0.4, 0.5) is 13.2 Å². The van der Waals surface area contributed by atoms with Crippen molar-refractivity contribution in [1.29, 1.82) is 0 Å². The Labute approximate surface area is 149 Å². The molecule has 2 N–H and O–H groups in total. The van der Waals surface area contributed by atoms with E-state index >= 15 is 0 Å². The second kappa shape index (κ2) is 6.73. The summed E-state index contributed by atoms with van der Waals surface area (Å²) in [6.45, 7) is -0.299. The molecule has 2 fully saturated rings. The Morgan fingerprint density at radius 3 is 2.46 bits per heavy atom. The van der Waals surface area contributed by atoms with Crippen molar-refractivity contribution in [2.75, 3.05) is 19.6 Å². The van der Waals surface area contributed by atoms with E-state index in [1.54, 1.807) is 18.2 Å². The highest BCUT2D eigenvalue weighted by Gasteiger charge is 2.57. The van der Waals surface area contributed by atoms with Gasteiger partial charge in [-0.25, -0.2) is 0 Å². The Morgan fingerprint density at radius 2 is 2.00 bits per heavy atom. The molecule has 1 aromatic rings. The van der Waals surface area contributed by atoms with E-state index in [-0.39, 0.29) is 37.9 Å². The van der Waals surface area contributed by atoms with Crippen LogP contribution < -0.4 is 5.73 Å². The van der Waals surface area contributed by atoms with E-state index < -0.39 is 23.4 Å². The molecule has 1 amide bonds. The summed E-state index contributed by atoms with van der Waals surface area (Å²) in [6, 6.07) is 7.01. The van der Waals surface area contributed by atoms with Crippen LogP contribution in [0.3, 0.4) is 0 Å². The second-order valence-electron chi connectivity index (χ2n) is 6.45. The first kappa shape index (κ1) is 19.3. The number of carbonyl (C=O) groups excluding carboxylic acids is 1. The van der Waals surface area contributed by atoms with Crippen molar-refractivity contribution in [3.63, 3.8) is 0 Å². The van der Waals surface area contributed by atoms with Crippen LogP contribution in [0.15, 0.2) is 24.3 Å². The predicted molar refractivity (Wildman–Crippen MR) is 88.3 cm³/mol. The first-order valence-electron chi connectivity index (χ1n) is 7.60. The Hall–Kier alpha value is -0.980. The van der Waals surface area contributed by atoms with Crippen molar-refractivity contribution in [3.8, 4) is 0 Å². The van der Waals surface area contributed by atoms with E-state index in [1.807, 2.05) is 6.07 Å². The quantitative estimate of drug-likeness (QED) is 0.870. The van der Waals surface area contributed by atoms with Crippen molar-refractivity contribution in [2.45, 2.75) is 24.4 Å². The maximum absolute atomic E-state index is 13.1. The molecule has 0 spiro atoms. The Balaban J connectivity index is 0.00000208. The van der Waals surface area contributed by atoms with Gasteiger partial charge in [0.2, 0.25) is 5.91 Å². The zero-order chi connectivity index (χ0) is 16.8. The highest BCUT2D eigenvalue weighted by atomic mass is 35.5. The van der Waals surface area contributed by atoms with Crippen LogP contribution in [0.2, 0.25) is 5.02 Å². The van der Waals surface area contributed by atoms with E-state index in [2.05, 4.69) is 0 Å². The first-order chi connectivity index (χ1) is 10.8. The molecule has 3 rings (SSSR count). The van der Waals surface area contributed by atoms with Crippen LogP contribution in [-0.2, 0) is 10.2 Å². The third-order valence-electron chi connectivity index (χ3n) is 4.99. The van der Waals surface area contributed by atoms with Gasteiger partial charge in [-0.15, -0.1) is 12.4 Å². The zero-order valence-electron chi connectivity index (χ0n) is 12.9. The number of carbonyl (C=O) groups is 1. The van der Waals surface area contributed by atoms with Crippen molar-refractivity contribution in [3.05, 3.63) is 34.9 Å². The normalized spacial score (nSPS) is 25.3. The van der Waals surface area contributed by atoms with Gasteiger partial charge in [-0.1, -0.05) is 23.7 Å². The monoisotopic (exact) mass is 382 g/mol. The number of hydrogen-bond donors (Lipinski definition) is 1. The third kappa shape index (κ3) is 3.37. The maximum atomic E-state index is 13.1. The molecule has 1 aliphatic heterocycles. The van der Waals surface area contributed by atoms with Gasteiger partial charge in [0.1, 0.15) is 0 Å². The molecule has 2 unspecified atom stereocenters. The average molecular weight is 383 g/mol. The summed E-state index contributed by atoms with van der Waals surface area (Å²) in [4.78, 5) is 14.2. The minimum absolute atomic E-state index is 0. The minimum atomic E-state index is -4.33. The number of nitrogens with two attached hydrogens (primary N) is 1. The van der Waals surface area contributed by atoms with Gasteiger partial charge in [-0.05, 0) is 37.1 Å². The Bertz CT molecular complexity index is 620. The summed E-state index contributed by atoms with van der Waals surface area (Å²) < 4.78 is 39.3. The SMILES string of the molecule is Cl.NCC1CN(C(=O)C2(c3cccc(Cl)c3)CC2)CC1C(F)(F)F. The van der Waals surface area contributed by atoms with Crippen LogP contribution in [-0.4, -0.2) is 36.6 Å². The molecular weight excluding hydrogens is 364 g/mol. The average Bonchev–Trinajstić information content (AvgIpc) is 3.17. The number of rotatable bonds is 3. The van der Waals surface area contributed by atoms with Crippen LogP contribution in [0, 0.1) is 11.8 Å². The number of likely N-dealkylation sites (tertiary alicyclic amines) is 1. The van der Waals surface area contributed by atoms with Gasteiger partial charge in [-0.3, -0.25) is 4.79 Å². The first-order valence-corrected chi connectivity index (χ1v) is 7.98. The molecule has 8 heteroatoms. The molecular formula is C16H19Cl2F3N2O. The molecule has 1 aliphatic carbocycles. The van der Waals surface area contributed by atoms with Gasteiger partial charge in [-0.2, -0.15) is 13.2 Å². The van der Waals surface area contributed by atoms with E-state index in [1.165, 1.54) is 4.90 Å². The summed E-state index contributed by atoms with van der Waals surface area (Å²) >= 11 is 5.98. The van der Waals surface area contributed by atoms with Crippen LogP contribution in [0.1, 0.15) is 18.4 Å². The zero-order valence-corrected chi connectivity index (χ0v) is 14.4. The Kier molecular flexibility index (Phi) is 5.43. The van der Waals surface area contributed by atoms with Gasteiger partial charge < -0.3 is 10.6 Å². The van der Waals surface area contributed by atoms with Crippen molar-refractivity contribution in [1.82, 2.24) is 4.90 Å². The van der Waals surface area contributed by atoms with E-state index in [9.17, 15) is 18.0 Å². The van der Waals surface area contributed by atoms with Crippen LogP contribution >= 0.6 is 24.0 Å². The molecule has 1 saturated heterocycles. The number of halogens is 5. The molecule has 1 saturated carbocycles. The standard InChI is InChI=1S/C16H18ClF3N2O.ClH/c17-12-3-1-2-11(6-12)15(4-5-15)14(23)22-8-10(7-21)13(9-22)16(18,19)20;/h1-3,6,10,13H,4-5,7-9,21H2;1H. The lowest BCUT2D eigenvalue weighted by molar-refractivity contribution is -0.179. The minimum Gasteiger partial charge on any atom is -0.341 e.